The zero-order valence-electron chi connectivity index (χ0n) is 12.6. The summed E-state index contributed by atoms with van der Waals surface area (Å²) in [6, 6.07) is 5.77. The molecule has 0 saturated heterocycles. The van der Waals surface area contributed by atoms with Crippen molar-refractivity contribution in [3.8, 4) is 11.5 Å². The van der Waals surface area contributed by atoms with E-state index in [0.717, 1.165) is 12.0 Å². The molecule has 0 bridgehead atoms. The van der Waals surface area contributed by atoms with Gasteiger partial charge in [-0.2, -0.15) is 0 Å². The van der Waals surface area contributed by atoms with E-state index in [2.05, 4.69) is 5.32 Å². The number of amides is 1. The summed E-state index contributed by atoms with van der Waals surface area (Å²) in [5, 5.41) is 2.84. The second-order valence-electron chi connectivity index (χ2n) is 3.64. The minimum absolute atomic E-state index is 0.0745. The number of hydrogen-bond donors (Lipinski definition) is 1. The zero-order valence-corrected chi connectivity index (χ0v) is 12.6. The van der Waals surface area contributed by atoms with Crippen molar-refractivity contribution in [1.82, 2.24) is 5.32 Å². The molecule has 0 aliphatic carbocycles. The van der Waals surface area contributed by atoms with Gasteiger partial charge in [0.2, 0.25) is 5.91 Å². The molecule has 108 valence electrons. The van der Waals surface area contributed by atoms with Crippen LogP contribution in [0.1, 0.15) is 32.8 Å². The Balaban J connectivity index is 0.00000154. The van der Waals surface area contributed by atoms with Crippen LogP contribution in [0.25, 0.3) is 0 Å². The summed E-state index contributed by atoms with van der Waals surface area (Å²) in [4.78, 5) is 11.1. The molecule has 0 fully saturated rings. The zero-order chi connectivity index (χ0) is 14.7. The first-order valence-corrected chi connectivity index (χ1v) is 6.68. The van der Waals surface area contributed by atoms with Crippen LogP contribution in [0.5, 0.6) is 11.5 Å². The summed E-state index contributed by atoms with van der Waals surface area (Å²) in [6.07, 6.45) is 1.30. The van der Waals surface area contributed by atoms with Crippen LogP contribution in [0, 0.1) is 0 Å². The van der Waals surface area contributed by atoms with Gasteiger partial charge >= 0.3 is 0 Å². The summed E-state index contributed by atoms with van der Waals surface area (Å²) in [7, 11) is 3.22. The second kappa shape index (κ2) is 10.2. The highest BCUT2D eigenvalue weighted by Crippen LogP contribution is 2.27. The van der Waals surface area contributed by atoms with Crippen molar-refractivity contribution in [2.24, 2.45) is 0 Å². The maximum Gasteiger partial charge on any atom is 0.219 e. The van der Waals surface area contributed by atoms with Gasteiger partial charge in [0.1, 0.15) is 0 Å². The van der Waals surface area contributed by atoms with Crippen LogP contribution in [0.15, 0.2) is 18.2 Å². The number of carbonyl (C=O) groups excluding carboxylic acids is 1. The van der Waals surface area contributed by atoms with Gasteiger partial charge in [-0.05, 0) is 24.1 Å². The molecule has 0 aliphatic rings. The van der Waals surface area contributed by atoms with E-state index in [0.29, 0.717) is 24.5 Å². The van der Waals surface area contributed by atoms with E-state index < -0.39 is 0 Å². The highest BCUT2D eigenvalue weighted by molar-refractivity contribution is 5.75. The fourth-order valence-corrected chi connectivity index (χ4v) is 1.51. The summed E-state index contributed by atoms with van der Waals surface area (Å²) in [5.41, 5.74) is 1.11. The molecule has 0 aromatic heterocycles. The first kappa shape index (κ1) is 17.3. The second-order valence-corrected chi connectivity index (χ2v) is 3.64. The molecular formula is C15H25NO3. The van der Waals surface area contributed by atoms with E-state index >= 15 is 0 Å². The lowest BCUT2D eigenvalue weighted by molar-refractivity contribution is -0.120. The van der Waals surface area contributed by atoms with E-state index in [9.17, 15) is 4.79 Å². The topological polar surface area (TPSA) is 47.6 Å². The smallest absolute Gasteiger partial charge is 0.219 e. The van der Waals surface area contributed by atoms with Crippen molar-refractivity contribution >= 4 is 5.91 Å². The van der Waals surface area contributed by atoms with E-state index in [-0.39, 0.29) is 5.91 Å². The van der Waals surface area contributed by atoms with Crippen molar-refractivity contribution in [3.63, 3.8) is 0 Å². The molecule has 0 atom stereocenters. The van der Waals surface area contributed by atoms with Gasteiger partial charge in [0, 0.05) is 13.0 Å². The third kappa shape index (κ3) is 6.13. The Kier molecular flexibility index (Phi) is 9.31. The molecule has 1 aromatic rings. The third-order valence-electron chi connectivity index (χ3n) is 2.50. The lowest BCUT2D eigenvalue weighted by Gasteiger charge is -2.09. The van der Waals surface area contributed by atoms with Crippen LogP contribution in [-0.4, -0.2) is 26.7 Å². The monoisotopic (exact) mass is 267 g/mol. The molecule has 1 rings (SSSR count). The van der Waals surface area contributed by atoms with Gasteiger partial charge in [-0.1, -0.05) is 26.8 Å². The average molecular weight is 267 g/mol. The molecule has 0 aliphatic heterocycles. The molecule has 1 N–H and O–H groups in total. The molecule has 4 heteroatoms. The van der Waals surface area contributed by atoms with Crippen LogP contribution < -0.4 is 14.8 Å². The number of carbonyl (C=O) groups is 1. The van der Waals surface area contributed by atoms with Crippen LogP contribution in [0.4, 0.5) is 0 Å². The third-order valence-corrected chi connectivity index (χ3v) is 2.50. The lowest BCUT2D eigenvalue weighted by Crippen LogP contribution is -2.24. The van der Waals surface area contributed by atoms with Gasteiger partial charge < -0.3 is 14.8 Å². The first-order valence-electron chi connectivity index (χ1n) is 6.68. The Hall–Kier alpha value is -1.71. The van der Waals surface area contributed by atoms with E-state index in [1.807, 2.05) is 39.0 Å². The van der Waals surface area contributed by atoms with Crippen LogP contribution >= 0.6 is 0 Å². The Bertz CT molecular complexity index is 378. The number of rotatable bonds is 6. The Morgan fingerprint density at radius 2 is 1.79 bits per heavy atom. The number of benzene rings is 1. The van der Waals surface area contributed by atoms with E-state index in [4.69, 9.17) is 9.47 Å². The van der Waals surface area contributed by atoms with Crippen LogP contribution in [0.3, 0.4) is 0 Å². The fraction of sp³-hybridized carbons (Fsp3) is 0.533. The van der Waals surface area contributed by atoms with Gasteiger partial charge in [0.25, 0.3) is 0 Å². The highest BCUT2D eigenvalue weighted by atomic mass is 16.5. The van der Waals surface area contributed by atoms with E-state index in [1.54, 1.807) is 14.2 Å². The largest absolute Gasteiger partial charge is 0.493 e. The minimum Gasteiger partial charge on any atom is -0.493 e. The van der Waals surface area contributed by atoms with Crippen molar-refractivity contribution in [2.75, 3.05) is 20.8 Å². The predicted molar refractivity (Wildman–Crippen MR) is 77.9 cm³/mol. The maximum absolute atomic E-state index is 11.1. The van der Waals surface area contributed by atoms with Gasteiger partial charge in [-0.3, -0.25) is 4.79 Å². The van der Waals surface area contributed by atoms with E-state index in [1.165, 1.54) is 0 Å². The number of ether oxygens (including phenoxy) is 2. The maximum atomic E-state index is 11.1. The molecule has 0 saturated carbocycles. The molecule has 0 spiro atoms. The minimum atomic E-state index is 0.0745. The Morgan fingerprint density at radius 3 is 2.32 bits per heavy atom. The molecular weight excluding hydrogens is 242 g/mol. The molecule has 0 radical (unpaired) electrons. The molecule has 1 aromatic carbocycles. The number of hydrogen-bond acceptors (Lipinski definition) is 3. The number of nitrogens with one attached hydrogen (secondary N) is 1. The summed E-state index contributed by atoms with van der Waals surface area (Å²) in [6.45, 7) is 6.48. The highest BCUT2D eigenvalue weighted by Gasteiger charge is 2.04. The summed E-state index contributed by atoms with van der Waals surface area (Å²) >= 11 is 0. The lowest BCUT2D eigenvalue weighted by atomic mass is 10.1. The Morgan fingerprint density at radius 1 is 1.16 bits per heavy atom. The number of methoxy groups -OCH3 is 2. The van der Waals surface area contributed by atoms with Gasteiger partial charge in [0.15, 0.2) is 11.5 Å². The summed E-state index contributed by atoms with van der Waals surface area (Å²) < 4.78 is 10.4. The van der Waals surface area contributed by atoms with Crippen molar-refractivity contribution in [1.29, 1.82) is 0 Å². The van der Waals surface area contributed by atoms with Gasteiger partial charge in [-0.25, -0.2) is 0 Å². The normalized spacial score (nSPS) is 9.11. The molecule has 4 nitrogen and oxygen atoms in total. The molecule has 0 unspecified atom stereocenters. The molecule has 1 amide bonds. The standard InChI is InChI=1S/C13H19NO3.C2H6/c1-4-13(15)14-8-7-10-5-6-11(16-2)12(9-10)17-3;1-2/h5-6,9H,4,7-8H2,1-3H3,(H,14,15);1-2H3. The molecule has 19 heavy (non-hydrogen) atoms. The Labute approximate surface area is 116 Å². The molecule has 0 heterocycles. The van der Waals surface area contributed by atoms with Crippen LogP contribution in [0.2, 0.25) is 0 Å². The summed E-state index contributed by atoms with van der Waals surface area (Å²) in [5.74, 6) is 1.51. The average Bonchev–Trinajstić information content (AvgIpc) is 2.48. The SMILES string of the molecule is CC.CCC(=O)NCCc1ccc(OC)c(OC)c1. The fourth-order valence-electron chi connectivity index (χ4n) is 1.51. The predicted octanol–water partition coefficient (Wildman–Crippen LogP) is 2.80. The van der Waals surface area contributed by atoms with Crippen molar-refractivity contribution in [2.45, 2.75) is 33.6 Å². The van der Waals surface area contributed by atoms with Crippen molar-refractivity contribution < 1.29 is 14.3 Å². The van der Waals surface area contributed by atoms with Crippen LogP contribution in [-0.2, 0) is 11.2 Å². The van der Waals surface area contributed by atoms with Crippen molar-refractivity contribution in [3.05, 3.63) is 23.8 Å². The van der Waals surface area contributed by atoms with Gasteiger partial charge in [0.05, 0.1) is 14.2 Å². The van der Waals surface area contributed by atoms with Gasteiger partial charge in [-0.15, -0.1) is 0 Å². The first-order chi connectivity index (χ1) is 9.21. The quantitative estimate of drug-likeness (QED) is 0.862.